The number of benzene rings is 2. The molecule has 0 radical (unpaired) electrons. The van der Waals surface area contributed by atoms with Gasteiger partial charge >= 0.3 is 17.3 Å². The van der Waals surface area contributed by atoms with Crippen molar-refractivity contribution in [2.45, 2.75) is 46.9 Å². The summed E-state index contributed by atoms with van der Waals surface area (Å²) in [5.41, 5.74) is -1.87. The fraction of sp³-hybridized carbons (Fsp3) is 0.292. The van der Waals surface area contributed by atoms with Crippen LogP contribution in [0.5, 0.6) is 0 Å². The number of aromatic carboxylic acids is 1. The van der Waals surface area contributed by atoms with E-state index in [1.807, 2.05) is 30.3 Å². The molecular weight excluding hydrogens is 511 g/mol. The van der Waals surface area contributed by atoms with Crippen LogP contribution in [0.1, 0.15) is 42.3 Å². The predicted octanol–water partition coefficient (Wildman–Crippen LogP) is 4.20. The van der Waals surface area contributed by atoms with Gasteiger partial charge in [-0.3, -0.25) is 9.13 Å². The monoisotopic (exact) mass is 534 g/mol. The maximum Gasteiger partial charge on any atom is 0.339 e. The summed E-state index contributed by atoms with van der Waals surface area (Å²) in [6, 6.07) is 10.1. The summed E-state index contributed by atoms with van der Waals surface area (Å²) in [5.74, 6) is -2.48. The molecule has 0 bridgehead atoms. The van der Waals surface area contributed by atoms with Crippen LogP contribution in [0.4, 0.5) is 4.39 Å². The first-order chi connectivity index (χ1) is 17.1. The molecule has 0 aliphatic rings. The highest BCUT2D eigenvalue weighted by molar-refractivity contribution is 7.71. The van der Waals surface area contributed by atoms with Gasteiger partial charge in [0.15, 0.2) is 10.6 Å². The van der Waals surface area contributed by atoms with E-state index in [-0.39, 0.29) is 41.5 Å². The third kappa shape index (κ3) is 5.31. The summed E-state index contributed by atoms with van der Waals surface area (Å²) in [4.78, 5) is 43.4. The van der Waals surface area contributed by atoms with E-state index in [1.54, 1.807) is 20.8 Å². The first-order valence-corrected chi connectivity index (χ1v) is 11.8. The fourth-order valence-electron chi connectivity index (χ4n) is 3.61. The summed E-state index contributed by atoms with van der Waals surface area (Å²) < 4.78 is 18.6. The van der Waals surface area contributed by atoms with Crippen LogP contribution in [0.15, 0.2) is 51.1 Å². The summed E-state index contributed by atoms with van der Waals surface area (Å²) in [7, 11) is 0. The van der Waals surface area contributed by atoms with Gasteiger partial charge in [0.05, 0.1) is 22.0 Å². The zero-order chi connectivity index (χ0) is 26.6. The Bertz CT molecular complexity index is 1470. The molecule has 190 valence electrons. The molecule has 0 saturated heterocycles. The van der Waals surface area contributed by atoms with Gasteiger partial charge in [-0.1, -0.05) is 47.1 Å². The van der Waals surface area contributed by atoms with Crippen LogP contribution in [0.25, 0.3) is 5.69 Å². The predicted molar refractivity (Wildman–Crippen MR) is 136 cm³/mol. The van der Waals surface area contributed by atoms with Crippen molar-refractivity contribution in [2.75, 3.05) is 0 Å². The van der Waals surface area contributed by atoms with Crippen LogP contribution in [-0.4, -0.2) is 30.5 Å². The summed E-state index contributed by atoms with van der Waals surface area (Å²) >= 11 is 11.5. The van der Waals surface area contributed by atoms with E-state index < -0.39 is 34.4 Å². The minimum Gasteiger partial charge on any atom is -0.478 e. The van der Waals surface area contributed by atoms with Gasteiger partial charge < -0.3 is 9.94 Å². The molecule has 1 aromatic heterocycles. The summed E-state index contributed by atoms with van der Waals surface area (Å²) in [6.07, 6.45) is -0.225. The van der Waals surface area contributed by atoms with Crippen LogP contribution in [-0.2, 0) is 31.0 Å². The van der Waals surface area contributed by atoms with E-state index in [0.29, 0.717) is 10.3 Å². The smallest absolute Gasteiger partial charge is 0.339 e. The maximum absolute atomic E-state index is 15.8. The number of halogens is 2. The van der Waals surface area contributed by atoms with Crippen molar-refractivity contribution in [3.05, 3.63) is 89.7 Å². The number of carbonyl (C=O) groups is 1. The van der Waals surface area contributed by atoms with Crippen LogP contribution in [0.3, 0.4) is 0 Å². The molecule has 1 N–H and O–H groups in total. The molecule has 0 unspecified atom stereocenters. The second-order valence-electron chi connectivity index (χ2n) is 7.79. The van der Waals surface area contributed by atoms with Crippen molar-refractivity contribution in [3.8, 4) is 5.69 Å². The minimum atomic E-state index is -1.45. The molecule has 3 rings (SSSR count). The SMILES string of the molecule is CCn1c(=S)n(CC)c(=O)n(-c2cc(C(=O)O)c(Cl)c(CC(C)=NOCc3ccccc3)c2F)c1=O. The average Bonchev–Trinajstić information content (AvgIpc) is 2.84. The Balaban J connectivity index is 2.15. The number of carboxylic acid groups (broad SMARTS) is 1. The molecule has 9 nitrogen and oxygen atoms in total. The first-order valence-electron chi connectivity index (χ1n) is 11.0. The Morgan fingerprint density at radius 1 is 1.14 bits per heavy atom. The lowest BCUT2D eigenvalue weighted by Crippen LogP contribution is -2.45. The number of hydrogen-bond donors (Lipinski definition) is 1. The molecule has 1 heterocycles. The van der Waals surface area contributed by atoms with Gasteiger partial charge in [-0.15, -0.1) is 0 Å². The number of rotatable bonds is 9. The lowest BCUT2D eigenvalue weighted by Gasteiger charge is -2.17. The molecular formula is C24H24ClFN4O5S. The molecule has 2 aromatic carbocycles. The maximum atomic E-state index is 15.8. The molecule has 0 spiro atoms. The standard InChI is InChI=1S/C24H24ClFN4O5S/c1-4-28-22(33)30(23(34)29(5-2)24(28)36)18-12-17(21(31)32)19(25)16(20(18)26)11-14(3)27-35-13-15-9-7-6-8-10-15/h6-10,12H,4-5,11,13H2,1-3H3,(H,31,32). The van der Waals surface area contributed by atoms with Crippen LogP contribution >= 0.6 is 23.8 Å². The summed E-state index contributed by atoms with van der Waals surface area (Å²) in [6.45, 7) is 5.26. The number of nitrogens with zero attached hydrogens (tertiary/aromatic N) is 4. The molecule has 0 saturated carbocycles. The van der Waals surface area contributed by atoms with Gasteiger partial charge in [0.2, 0.25) is 0 Å². The van der Waals surface area contributed by atoms with Crippen molar-refractivity contribution in [1.82, 2.24) is 13.7 Å². The molecule has 0 fully saturated rings. The van der Waals surface area contributed by atoms with Crippen LogP contribution in [0, 0.1) is 10.6 Å². The quantitative estimate of drug-likeness (QED) is 0.250. The third-order valence-corrected chi connectivity index (χ3v) is 6.28. The van der Waals surface area contributed by atoms with E-state index in [2.05, 4.69) is 5.16 Å². The Morgan fingerprint density at radius 3 is 2.25 bits per heavy atom. The molecule has 12 heteroatoms. The van der Waals surface area contributed by atoms with Crippen molar-refractivity contribution in [3.63, 3.8) is 0 Å². The molecule has 36 heavy (non-hydrogen) atoms. The van der Waals surface area contributed by atoms with Crippen molar-refractivity contribution < 1.29 is 19.1 Å². The zero-order valence-corrected chi connectivity index (χ0v) is 21.4. The molecule has 0 atom stereocenters. The second kappa shape index (κ2) is 11.4. The van der Waals surface area contributed by atoms with Gasteiger partial charge in [0, 0.05) is 25.1 Å². The molecule has 0 amide bonds. The number of hydrogen-bond acceptors (Lipinski definition) is 6. The van der Waals surface area contributed by atoms with Crippen molar-refractivity contribution >= 4 is 35.5 Å². The lowest BCUT2D eigenvalue weighted by atomic mass is 10.0. The number of carboxylic acids is 1. The number of oxime groups is 1. The lowest BCUT2D eigenvalue weighted by molar-refractivity contribution is 0.0697. The molecule has 3 aromatic rings. The Kier molecular flexibility index (Phi) is 8.59. The Labute approximate surface area is 215 Å². The second-order valence-corrected chi connectivity index (χ2v) is 8.53. The largest absolute Gasteiger partial charge is 0.478 e. The Morgan fingerprint density at radius 2 is 1.72 bits per heavy atom. The topological polar surface area (TPSA) is 108 Å². The first kappa shape index (κ1) is 27.0. The van der Waals surface area contributed by atoms with E-state index in [0.717, 1.165) is 20.8 Å². The van der Waals surface area contributed by atoms with Gasteiger partial charge in [-0.05, 0) is 44.6 Å². The highest BCUT2D eigenvalue weighted by Gasteiger charge is 2.25. The highest BCUT2D eigenvalue weighted by Crippen LogP contribution is 2.29. The fourth-order valence-corrected chi connectivity index (χ4v) is 4.31. The van der Waals surface area contributed by atoms with Crippen LogP contribution < -0.4 is 11.4 Å². The third-order valence-electron chi connectivity index (χ3n) is 5.41. The van der Waals surface area contributed by atoms with E-state index in [9.17, 15) is 19.5 Å². The Hall–Kier alpha value is -3.57. The molecule has 0 aliphatic carbocycles. The van der Waals surface area contributed by atoms with E-state index in [1.165, 1.54) is 0 Å². The summed E-state index contributed by atoms with van der Waals surface area (Å²) in [5, 5.41) is 13.3. The van der Waals surface area contributed by atoms with E-state index in [4.69, 9.17) is 28.7 Å². The molecule has 0 aliphatic heterocycles. The van der Waals surface area contributed by atoms with Crippen molar-refractivity contribution in [1.29, 1.82) is 0 Å². The van der Waals surface area contributed by atoms with Crippen molar-refractivity contribution in [2.24, 2.45) is 5.16 Å². The van der Waals surface area contributed by atoms with Gasteiger partial charge in [-0.25, -0.2) is 23.3 Å². The zero-order valence-electron chi connectivity index (χ0n) is 19.8. The van der Waals surface area contributed by atoms with E-state index >= 15 is 4.39 Å². The van der Waals surface area contributed by atoms with Crippen LogP contribution in [0.2, 0.25) is 5.02 Å². The minimum absolute atomic E-state index is 0.0159. The van der Waals surface area contributed by atoms with Gasteiger partial charge in [-0.2, -0.15) is 0 Å². The highest BCUT2D eigenvalue weighted by atomic mass is 35.5. The van der Waals surface area contributed by atoms with Gasteiger partial charge in [0.1, 0.15) is 6.61 Å². The van der Waals surface area contributed by atoms with Gasteiger partial charge in [0.25, 0.3) is 0 Å². The normalized spacial score (nSPS) is 11.5. The number of aromatic nitrogens is 3. The average molecular weight is 535 g/mol.